The van der Waals surface area contributed by atoms with E-state index in [0.29, 0.717) is 6.04 Å². The second kappa shape index (κ2) is 5.52. The van der Waals surface area contributed by atoms with Crippen LogP contribution >= 0.6 is 0 Å². The molecule has 0 radical (unpaired) electrons. The summed E-state index contributed by atoms with van der Waals surface area (Å²) >= 11 is 0. The summed E-state index contributed by atoms with van der Waals surface area (Å²) in [6.45, 7) is 4.39. The van der Waals surface area contributed by atoms with Gasteiger partial charge < -0.3 is 15.3 Å². The quantitative estimate of drug-likeness (QED) is 0.832. The molecular formula is C14H22N2O. The minimum Gasteiger partial charge on any atom is -0.394 e. The lowest BCUT2D eigenvalue weighted by Gasteiger charge is -2.26. The number of benzene rings is 1. The number of nitrogens with one attached hydrogen (secondary N) is 1. The van der Waals surface area contributed by atoms with E-state index in [0.717, 1.165) is 19.5 Å². The summed E-state index contributed by atoms with van der Waals surface area (Å²) < 4.78 is 0. The lowest BCUT2D eigenvalue weighted by Crippen LogP contribution is -2.32. The average molecular weight is 234 g/mol. The van der Waals surface area contributed by atoms with Crippen LogP contribution in [0.1, 0.15) is 24.0 Å². The van der Waals surface area contributed by atoms with Gasteiger partial charge in [-0.1, -0.05) is 6.07 Å². The van der Waals surface area contributed by atoms with Crippen LogP contribution in [0.5, 0.6) is 0 Å². The number of nitrogens with zero attached hydrogens (tertiary/aromatic N) is 1. The van der Waals surface area contributed by atoms with Crippen molar-refractivity contribution in [3.05, 3.63) is 29.3 Å². The predicted molar refractivity (Wildman–Crippen MR) is 71.4 cm³/mol. The van der Waals surface area contributed by atoms with Gasteiger partial charge in [0.05, 0.1) is 12.6 Å². The van der Waals surface area contributed by atoms with Crippen molar-refractivity contribution in [1.29, 1.82) is 0 Å². The molecule has 1 aliphatic rings. The van der Waals surface area contributed by atoms with E-state index in [1.165, 1.54) is 23.2 Å². The third kappa shape index (κ3) is 2.61. The molecule has 17 heavy (non-hydrogen) atoms. The minimum absolute atomic E-state index is 0.261. The SMILES string of the molecule is CNCc1ccc(N2CCCC2CO)cc1C. The Labute approximate surface area is 103 Å². The van der Waals surface area contributed by atoms with Gasteiger partial charge in [0.25, 0.3) is 0 Å². The molecule has 0 amide bonds. The summed E-state index contributed by atoms with van der Waals surface area (Å²) in [5, 5.41) is 12.5. The van der Waals surface area contributed by atoms with Gasteiger partial charge in [-0.15, -0.1) is 0 Å². The molecule has 0 bridgehead atoms. The van der Waals surface area contributed by atoms with E-state index in [-0.39, 0.29) is 6.61 Å². The molecule has 1 aromatic carbocycles. The Morgan fingerprint density at radius 3 is 2.94 bits per heavy atom. The van der Waals surface area contributed by atoms with Crippen molar-refractivity contribution in [2.24, 2.45) is 0 Å². The number of aliphatic hydroxyl groups excluding tert-OH is 1. The van der Waals surface area contributed by atoms with E-state index in [9.17, 15) is 5.11 Å². The first-order valence-corrected chi connectivity index (χ1v) is 6.38. The largest absolute Gasteiger partial charge is 0.394 e. The highest BCUT2D eigenvalue weighted by molar-refractivity contribution is 5.52. The number of aliphatic hydroxyl groups is 1. The van der Waals surface area contributed by atoms with Crippen LogP contribution in [-0.4, -0.2) is 31.3 Å². The molecule has 2 N–H and O–H groups in total. The molecule has 1 atom stereocenters. The van der Waals surface area contributed by atoms with Crippen LogP contribution in [0.2, 0.25) is 0 Å². The molecule has 3 nitrogen and oxygen atoms in total. The normalized spacial score (nSPS) is 19.9. The first kappa shape index (κ1) is 12.4. The van der Waals surface area contributed by atoms with Crippen LogP contribution in [0.4, 0.5) is 5.69 Å². The highest BCUT2D eigenvalue weighted by Gasteiger charge is 2.23. The number of aryl methyl sites for hydroxylation is 1. The van der Waals surface area contributed by atoms with Gasteiger partial charge >= 0.3 is 0 Å². The van der Waals surface area contributed by atoms with Crippen LogP contribution in [0, 0.1) is 6.92 Å². The van der Waals surface area contributed by atoms with Crippen LogP contribution in [-0.2, 0) is 6.54 Å². The Hall–Kier alpha value is -1.06. The van der Waals surface area contributed by atoms with Gasteiger partial charge in [-0.25, -0.2) is 0 Å². The summed E-state index contributed by atoms with van der Waals surface area (Å²) in [6, 6.07) is 6.91. The van der Waals surface area contributed by atoms with E-state index < -0.39 is 0 Å². The van der Waals surface area contributed by atoms with Crippen LogP contribution in [0.15, 0.2) is 18.2 Å². The average Bonchev–Trinajstić information content (AvgIpc) is 2.80. The molecule has 0 aromatic heterocycles. The van der Waals surface area contributed by atoms with Gasteiger partial charge in [-0.2, -0.15) is 0 Å². The number of rotatable bonds is 4. The van der Waals surface area contributed by atoms with E-state index >= 15 is 0 Å². The molecule has 1 saturated heterocycles. The molecule has 94 valence electrons. The van der Waals surface area contributed by atoms with Crippen molar-refractivity contribution in [1.82, 2.24) is 5.32 Å². The smallest absolute Gasteiger partial charge is 0.0635 e. The summed E-state index contributed by atoms with van der Waals surface area (Å²) in [6.07, 6.45) is 2.29. The van der Waals surface area contributed by atoms with Gasteiger partial charge in [-0.05, 0) is 50.1 Å². The molecule has 3 heteroatoms. The zero-order valence-electron chi connectivity index (χ0n) is 10.7. The van der Waals surface area contributed by atoms with Gasteiger partial charge in [0.1, 0.15) is 0 Å². The summed E-state index contributed by atoms with van der Waals surface area (Å²) in [5.74, 6) is 0. The molecule has 0 spiro atoms. The molecule has 2 rings (SSSR count). The maximum atomic E-state index is 9.35. The third-order valence-electron chi connectivity index (χ3n) is 3.61. The summed E-state index contributed by atoms with van der Waals surface area (Å²) in [4.78, 5) is 2.33. The monoisotopic (exact) mass is 234 g/mol. The van der Waals surface area contributed by atoms with Crippen LogP contribution in [0.25, 0.3) is 0 Å². The molecule has 1 aromatic rings. The number of hydrogen-bond acceptors (Lipinski definition) is 3. The van der Waals surface area contributed by atoms with E-state index in [2.05, 4.69) is 35.3 Å². The van der Waals surface area contributed by atoms with E-state index in [1.54, 1.807) is 0 Å². The fourth-order valence-corrected chi connectivity index (χ4v) is 2.61. The van der Waals surface area contributed by atoms with Crippen molar-refractivity contribution in [2.75, 3.05) is 25.1 Å². The molecule has 1 unspecified atom stereocenters. The summed E-state index contributed by atoms with van der Waals surface area (Å²) in [5.41, 5.74) is 3.91. The maximum absolute atomic E-state index is 9.35. The van der Waals surface area contributed by atoms with Crippen molar-refractivity contribution < 1.29 is 5.11 Å². The Bertz CT molecular complexity index is 378. The fourth-order valence-electron chi connectivity index (χ4n) is 2.61. The fraction of sp³-hybridized carbons (Fsp3) is 0.571. The second-order valence-corrected chi connectivity index (χ2v) is 4.81. The molecule has 0 aliphatic carbocycles. The number of hydrogen-bond donors (Lipinski definition) is 2. The summed E-state index contributed by atoms with van der Waals surface area (Å²) in [7, 11) is 1.97. The van der Waals surface area contributed by atoms with Crippen LogP contribution < -0.4 is 10.2 Å². The zero-order chi connectivity index (χ0) is 12.3. The van der Waals surface area contributed by atoms with Gasteiger partial charge in [-0.3, -0.25) is 0 Å². The molecule has 0 saturated carbocycles. The Kier molecular flexibility index (Phi) is 4.02. The van der Waals surface area contributed by atoms with Crippen LogP contribution in [0.3, 0.4) is 0 Å². The predicted octanol–water partition coefficient (Wildman–Crippen LogP) is 1.68. The molecule has 1 aliphatic heterocycles. The van der Waals surface area contributed by atoms with Crippen molar-refractivity contribution >= 4 is 5.69 Å². The number of anilines is 1. The standard InChI is InChI=1S/C14H22N2O/c1-11-8-13(6-5-12(11)9-15-2)16-7-3-4-14(16)10-17/h5-6,8,14-15,17H,3-4,7,9-10H2,1-2H3. The lowest BCUT2D eigenvalue weighted by atomic mass is 10.1. The van der Waals surface area contributed by atoms with Crippen molar-refractivity contribution in [3.8, 4) is 0 Å². The lowest BCUT2D eigenvalue weighted by molar-refractivity contribution is 0.266. The molecule has 1 heterocycles. The Balaban J connectivity index is 2.19. The van der Waals surface area contributed by atoms with Crippen molar-refractivity contribution in [2.45, 2.75) is 32.4 Å². The van der Waals surface area contributed by atoms with E-state index in [1.807, 2.05) is 7.05 Å². The maximum Gasteiger partial charge on any atom is 0.0635 e. The first-order chi connectivity index (χ1) is 8.26. The zero-order valence-corrected chi connectivity index (χ0v) is 10.7. The Morgan fingerprint density at radius 2 is 2.29 bits per heavy atom. The van der Waals surface area contributed by atoms with Gasteiger partial charge in [0.15, 0.2) is 0 Å². The topological polar surface area (TPSA) is 35.5 Å². The first-order valence-electron chi connectivity index (χ1n) is 6.38. The minimum atomic E-state index is 0.261. The third-order valence-corrected chi connectivity index (χ3v) is 3.61. The molecular weight excluding hydrogens is 212 g/mol. The molecule has 1 fully saturated rings. The Morgan fingerprint density at radius 1 is 1.47 bits per heavy atom. The van der Waals surface area contributed by atoms with Crippen molar-refractivity contribution in [3.63, 3.8) is 0 Å². The highest BCUT2D eigenvalue weighted by Crippen LogP contribution is 2.27. The highest BCUT2D eigenvalue weighted by atomic mass is 16.3. The second-order valence-electron chi connectivity index (χ2n) is 4.81. The van der Waals surface area contributed by atoms with Gasteiger partial charge in [0.2, 0.25) is 0 Å². The van der Waals surface area contributed by atoms with E-state index in [4.69, 9.17) is 0 Å². The van der Waals surface area contributed by atoms with Gasteiger partial charge in [0, 0.05) is 18.8 Å².